The van der Waals surface area contributed by atoms with Crippen molar-refractivity contribution in [2.75, 3.05) is 40.4 Å². The summed E-state index contributed by atoms with van der Waals surface area (Å²) in [7, 11) is 6.43. The summed E-state index contributed by atoms with van der Waals surface area (Å²) in [6, 6.07) is 50.0. The molecule has 0 unspecified atom stereocenters. The zero-order valence-corrected chi connectivity index (χ0v) is 36.7. The maximum Gasteiger partial charge on any atom is 0.280 e. The number of hydrogen-bond acceptors (Lipinski definition) is 12. The van der Waals surface area contributed by atoms with Crippen LogP contribution in [0, 0.1) is 0 Å². The zero-order valence-electron chi connectivity index (χ0n) is 36.7. The van der Waals surface area contributed by atoms with Crippen LogP contribution in [0.2, 0.25) is 0 Å². The smallest absolute Gasteiger partial charge is 0.280 e. The van der Waals surface area contributed by atoms with Crippen molar-refractivity contribution >= 4 is 17.1 Å². The number of aliphatic hydroxyl groups excluding tert-OH is 2. The van der Waals surface area contributed by atoms with Crippen molar-refractivity contribution in [1.82, 2.24) is 19.5 Å². The van der Waals surface area contributed by atoms with Crippen LogP contribution < -0.4 is 29.8 Å². The number of benzene rings is 6. The predicted octanol–water partition coefficient (Wildman–Crippen LogP) is 7.19. The molecule has 14 nitrogen and oxygen atoms in total. The molecule has 0 saturated carbocycles. The SMILES string of the molecule is COc1ccc(C(Nc2nc3c(ncn3[C@@H]3O[C@H](COC(c4ccccc4)(c4ccc(OC)cc4)c4ccc(OC)cc4)[C@@H](O)[C@H]3O)c(=O)[nH]2)(c2ccccc2)c2ccc(OC)cc2)cc1. The molecule has 0 amide bonds. The van der Waals surface area contributed by atoms with E-state index < -0.39 is 41.2 Å². The van der Waals surface area contributed by atoms with Crippen molar-refractivity contribution in [3.63, 3.8) is 0 Å². The first-order valence-corrected chi connectivity index (χ1v) is 21.3. The summed E-state index contributed by atoms with van der Waals surface area (Å²) in [4.78, 5) is 26.2. The number of fused-ring (bicyclic) bond motifs is 1. The average molecular weight is 888 g/mol. The van der Waals surface area contributed by atoms with Crippen molar-refractivity contribution in [3.8, 4) is 23.0 Å². The lowest BCUT2D eigenvalue weighted by Gasteiger charge is -2.37. The van der Waals surface area contributed by atoms with Crippen LogP contribution in [-0.2, 0) is 20.6 Å². The minimum Gasteiger partial charge on any atom is -0.497 e. The highest BCUT2D eigenvalue weighted by atomic mass is 16.6. The number of aliphatic hydroxyl groups is 2. The van der Waals surface area contributed by atoms with Gasteiger partial charge in [0.2, 0.25) is 5.95 Å². The molecule has 1 fully saturated rings. The predicted molar refractivity (Wildman–Crippen MR) is 248 cm³/mol. The van der Waals surface area contributed by atoms with Crippen LogP contribution in [-0.4, -0.2) is 83.1 Å². The first kappa shape index (κ1) is 43.7. The Balaban J connectivity index is 1.09. The fourth-order valence-electron chi connectivity index (χ4n) is 8.81. The summed E-state index contributed by atoms with van der Waals surface area (Å²) in [6.45, 7) is -0.168. The molecule has 0 bridgehead atoms. The Labute approximate surface area is 381 Å². The topological polar surface area (TPSA) is 171 Å². The number of nitrogens with one attached hydrogen (secondary N) is 2. The van der Waals surface area contributed by atoms with Crippen LogP contribution in [0.5, 0.6) is 23.0 Å². The van der Waals surface area contributed by atoms with Gasteiger partial charge in [0.05, 0.1) is 41.4 Å². The summed E-state index contributed by atoms with van der Waals surface area (Å²) >= 11 is 0. The molecule has 0 aliphatic carbocycles. The molecule has 3 heterocycles. The van der Waals surface area contributed by atoms with Gasteiger partial charge in [0.25, 0.3) is 5.56 Å². The van der Waals surface area contributed by atoms with E-state index in [4.69, 9.17) is 33.4 Å². The number of methoxy groups -OCH3 is 4. The molecule has 1 aliphatic rings. The maximum atomic E-state index is 14.0. The Morgan fingerprint density at radius 2 is 1.03 bits per heavy atom. The van der Waals surface area contributed by atoms with Gasteiger partial charge in [-0.05, 0) is 81.9 Å². The highest BCUT2D eigenvalue weighted by molar-refractivity contribution is 5.72. The molecule has 336 valence electrons. The van der Waals surface area contributed by atoms with Crippen molar-refractivity contribution in [1.29, 1.82) is 0 Å². The minimum absolute atomic E-state index is 0.00634. The Morgan fingerprint density at radius 3 is 1.50 bits per heavy atom. The standard InChI is InChI=1S/C52H49N5O9/c1-61-39-23-15-34(16-24-39)51(33-11-7-5-8-12-33,35-17-25-40(62-2)26-18-35)56-50-54-47-44(48(60)55-50)53-32-57(47)49-46(59)45(58)43(66-49)31-65-52(36-13-9-6-10-14-36,37-19-27-41(63-3)28-20-37)38-21-29-42(64-4)30-22-38/h5-30,32,43,45-46,49,58-59H,31H2,1-4H3,(H2,54,55,56,60)/t43-,45-,46-,49-/m1/s1. The Hall–Kier alpha value is -7.49. The van der Waals surface area contributed by atoms with Crippen LogP contribution >= 0.6 is 0 Å². The van der Waals surface area contributed by atoms with Crippen LogP contribution in [0.25, 0.3) is 11.2 Å². The second kappa shape index (κ2) is 18.5. The number of rotatable bonds is 16. The van der Waals surface area contributed by atoms with Crippen LogP contribution in [0.1, 0.15) is 39.6 Å². The monoisotopic (exact) mass is 887 g/mol. The first-order valence-electron chi connectivity index (χ1n) is 21.3. The molecule has 14 heteroatoms. The number of H-pyrrole nitrogens is 1. The van der Waals surface area contributed by atoms with Crippen LogP contribution in [0.4, 0.5) is 5.95 Å². The van der Waals surface area contributed by atoms with Crippen molar-refractivity contribution < 1.29 is 38.6 Å². The summed E-state index contributed by atoms with van der Waals surface area (Å²) in [5.41, 5.74) is 2.07. The molecule has 0 spiro atoms. The third-order valence-electron chi connectivity index (χ3n) is 12.2. The number of aromatic amines is 1. The van der Waals surface area contributed by atoms with Gasteiger partial charge in [-0.25, -0.2) is 4.98 Å². The van der Waals surface area contributed by atoms with Crippen LogP contribution in [0.15, 0.2) is 169 Å². The summed E-state index contributed by atoms with van der Waals surface area (Å²) in [5.74, 6) is 2.77. The number of nitrogens with zero attached hydrogens (tertiary/aromatic N) is 3. The zero-order chi connectivity index (χ0) is 45.8. The van der Waals surface area contributed by atoms with E-state index in [9.17, 15) is 15.0 Å². The Bertz CT molecular complexity index is 2830. The lowest BCUT2D eigenvalue weighted by molar-refractivity contribution is -0.0942. The van der Waals surface area contributed by atoms with Gasteiger partial charge in [0, 0.05) is 0 Å². The van der Waals surface area contributed by atoms with Gasteiger partial charge in [-0.1, -0.05) is 109 Å². The van der Waals surface area contributed by atoms with E-state index in [1.165, 1.54) is 10.9 Å². The number of aromatic nitrogens is 4. The third-order valence-corrected chi connectivity index (χ3v) is 12.2. The molecule has 9 rings (SSSR count). The highest BCUT2D eigenvalue weighted by Gasteiger charge is 2.47. The molecule has 4 atom stereocenters. The van der Waals surface area contributed by atoms with E-state index in [0.717, 1.165) is 33.4 Å². The average Bonchev–Trinajstić information content (AvgIpc) is 3.93. The van der Waals surface area contributed by atoms with Gasteiger partial charge in [-0.2, -0.15) is 4.98 Å². The van der Waals surface area contributed by atoms with Gasteiger partial charge >= 0.3 is 0 Å². The summed E-state index contributed by atoms with van der Waals surface area (Å²) in [5, 5.41) is 27.1. The van der Waals surface area contributed by atoms with Gasteiger partial charge in [-0.15, -0.1) is 0 Å². The van der Waals surface area contributed by atoms with E-state index in [2.05, 4.69) is 15.3 Å². The van der Waals surface area contributed by atoms with E-state index >= 15 is 0 Å². The molecule has 66 heavy (non-hydrogen) atoms. The molecule has 1 saturated heterocycles. The number of anilines is 1. The lowest BCUT2D eigenvalue weighted by atomic mass is 9.77. The Morgan fingerprint density at radius 1 is 0.606 bits per heavy atom. The van der Waals surface area contributed by atoms with Crippen molar-refractivity contribution in [2.24, 2.45) is 0 Å². The Kier molecular flexibility index (Phi) is 12.3. The van der Waals surface area contributed by atoms with Crippen LogP contribution in [0.3, 0.4) is 0 Å². The summed E-state index contributed by atoms with van der Waals surface area (Å²) < 4.78 is 37.0. The maximum absolute atomic E-state index is 14.0. The van der Waals surface area contributed by atoms with Crippen molar-refractivity contribution in [2.45, 2.75) is 35.7 Å². The lowest BCUT2D eigenvalue weighted by Crippen LogP contribution is -2.39. The minimum atomic E-state index is -1.47. The van der Waals surface area contributed by atoms with E-state index in [0.29, 0.717) is 23.0 Å². The highest BCUT2D eigenvalue weighted by Crippen LogP contribution is 2.44. The molecule has 0 radical (unpaired) electrons. The molecular formula is C52H49N5O9. The van der Waals surface area contributed by atoms with E-state index in [-0.39, 0.29) is 23.7 Å². The van der Waals surface area contributed by atoms with Gasteiger partial charge in [0.15, 0.2) is 17.4 Å². The normalized spacial score (nSPS) is 17.4. The fourth-order valence-corrected chi connectivity index (χ4v) is 8.81. The quantitative estimate of drug-likeness (QED) is 0.0722. The number of imidazole rings is 1. The largest absolute Gasteiger partial charge is 0.497 e. The van der Waals surface area contributed by atoms with Gasteiger partial charge in [0.1, 0.15) is 52.4 Å². The molecular weight excluding hydrogens is 839 g/mol. The molecule has 2 aromatic heterocycles. The molecule has 6 aromatic carbocycles. The number of hydrogen-bond donors (Lipinski definition) is 4. The fraction of sp³-hybridized carbons (Fsp3) is 0.212. The second-order valence-electron chi connectivity index (χ2n) is 15.8. The second-order valence-corrected chi connectivity index (χ2v) is 15.8. The van der Waals surface area contributed by atoms with E-state index in [1.54, 1.807) is 28.4 Å². The van der Waals surface area contributed by atoms with Crippen molar-refractivity contribution in [3.05, 3.63) is 208 Å². The third kappa shape index (κ3) is 7.90. The first-order chi connectivity index (χ1) is 32.2. The molecule has 4 N–H and O–H groups in total. The van der Waals surface area contributed by atoms with E-state index in [1.807, 2.05) is 158 Å². The summed E-state index contributed by atoms with van der Waals surface area (Å²) in [6.07, 6.45) is -3.76. The molecule has 8 aromatic rings. The van der Waals surface area contributed by atoms with Gasteiger partial charge < -0.3 is 44.0 Å². The molecule has 1 aliphatic heterocycles. The van der Waals surface area contributed by atoms with Gasteiger partial charge in [-0.3, -0.25) is 14.3 Å². The number of ether oxygens (including phenoxy) is 6.